The topological polar surface area (TPSA) is 66.8 Å². The molecule has 0 aromatic heterocycles. The van der Waals surface area contributed by atoms with Crippen LogP contribution in [-0.2, 0) is 16.6 Å². The van der Waals surface area contributed by atoms with Gasteiger partial charge < -0.3 is 14.9 Å². The number of aliphatic carboxylic acids is 1. The molecule has 0 spiro atoms. The number of benzene rings is 1. The zero-order valence-electron chi connectivity index (χ0n) is 10.3. The number of aromatic hydroxyl groups is 1. The highest BCUT2D eigenvalue weighted by Gasteiger charge is 2.50. The molecule has 0 radical (unpaired) electrons. The van der Waals surface area contributed by atoms with E-state index in [2.05, 4.69) is 0 Å². The molecule has 1 aromatic rings. The van der Waals surface area contributed by atoms with Crippen LogP contribution in [0.4, 0.5) is 0 Å². The molecule has 1 aliphatic heterocycles. The number of carboxylic acid groups (broad SMARTS) is 1. The van der Waals surface area contributed by atoms with Gasteiger partial charge in [0.25, 0.3) is 0 Å². The van der Waals surface area contributed by atoms with E-state index in [1.807, 2.05) is 13.0 Å². The first kappa shape index (κ1) is 11.4. The fourth-order valence-electron chi connectivity index (χ4n) is 2.98. The van der Waals surface area contributed by atoms with Crippen LogP contribution in [0.25, 0.3) is 0 Å². The van der Waals surface area contributed by atoms with E-state index in [9.17, 15) is 9.90 Å². The average molecular weight is 248 g/mol. The van der Waals surface area contributed by atoms with Crippen molar-refractivity contribution in [2.75, 3.05) is 6.61 Å². The second-order valence-electron chi connectivity index (χ2n) is 5.34. The van der Waals surface area contributed by atoms with Crippen LogP contribution in [0.15, 0.2) is 6.07 Å². The maximum absolute atomic E-state index is 11.0. The number of hydrogen-bond acceptors (Lipinski definition) is 3. The van der Waals surface area contributed by atoms with E-state index in [4.69, 9.17) is 9.84 Å². The molecule has 0 unspecified atom stereocenters. The normalized spacial score (nSPS) is 19.2. The molecule has 1 heterocycles. The third-order valence-electron chi connectivity index (χ3n) is 4.04. The maximum atomic E-state index is 11.0. The lowest BCUT2D eigenvalue weighted by Crippen LogP contribution is -2.15. The summed E-state index contributed by atoms with van der Waals surface area (Å²) < 4.78 is 5.54. The van der Waals surface area contributed by atoms with E-state index in [-0.39, 0.29) is 17.6 Å². The van der Waals surface area contributed by atoms with Crippen LogP contribution in [0.3, 0.4) is 0 Å². The van der Waals surface area contributed by atoms with E-state index in [1.54, 1.807) is 0 Å². The number of hydrogen-bond donors (Lipinski definition) is 2. The van der Waals surface area contributed by atoms with Crippen molar-refractivity contribution in [1.29, 1.82) is 0 Å². The molecule has 1 aliphatic carbocycles. The van der Waals surface area contributed by atoms with Crippen molar-refractivity contribution >= 4 is 5.97 Å². The summed E-state index contributed by atoms with van der Waals surface area (Å²) in [6.07, 6.45) is 2.53. The lowest BCUT2D eigenvalue weighted by molar-refractivity contribution is -0.137. The van der Waals surface area contributed by atoms with E-state index >= 15 is 0 Å². The van der Waals surface area contributed by atoms with Crippen molar-refractivity contribution in [3.05, 3.63) is 22.8 Å². The Morgan fingerprint density at radius 3 is 2.83 bits per heavy atom. The van der Waals surface area contributed by atoms with Gasteiger partial charge in [0.15, 0.2) is 0 Å². The highest BCUT2D eigenvalue weighted by molar-refractivity contribution is 5.72. The van der Waals surface area contributed by atoms with E-state index in [1.165, 1.54) is 0 Å². The molecule has 0 amide bonds. The highest BCUT2D eigenvalue weighted by atomic mass is 16.5. The number of phenolic OH excluding ortho intramolecular Hbond substituents is 1. The Hall–Kier alpha value is -1.71. The molecule has 18 heavy (non-hydrogen) atoms. The Balaban J connectivity index is 2.14. The molecule has 0 bridgehead atoms. The van der Waals surface area contributed by atoms with Crippen LogP contribution >= 0.6 is 0 Å². The van der Waals surface area contributed by atoms with Gasteiger partial charge in [-0.25, -0.2) is 0 Å². The predicted molar refractivity (Wildman–Crippen MR) is 65.2 cm³/mol. The number of aryl methyl sites for hydroxylation is 1. The summed E-state index contributed by atoms with van der Waals surface area (Å²) in [5.74, 6) is 0.274. The van der Waals surface area contributed by atoms with Gasteiger partial charge in [-0.15, -0.1) is 0 Å². The Kier molecular flexibility index (Phi) is 2.30. The van der Waals surface area contributed by atoms with E-state index < -0.39 is 5.97 Å². The van der Waals surface area contributed by atoms with Gasteiger partial charge in [-0.3, -0.25) is 4.79 Å². The van der Waals surface area contributed by atoms with Gasteiger partial charge in [0.1, 0.15) is 11.5 Å². The summed E-state index contributed by atoms with van der Waals surface area (Å²) in [5, 5.41) is 19.3. The van der Waals surface area contributed by atoms with Gasteiger partial charge in [-0.05, 0) is 31.4 Å². The quantitative estimate of drug-likeness (QED) is 0.860. The molecular weight excluding hydrogens is 232 g/mol. The Bertz CT molecular complexity index is 529. The number of phenols is 1. The average Bonchev–Trinajstić information content (AvgIpc) is 2.88. The molecule has 2 N–H and O–H groups in total. The van der Waals surface area contributed by atoms with Gasteiger partial charge in [-0.2, -0.15) is 0 Å². The predicted octanol–water partition coefficient (Wildman–Crippen LogP) is 2.14. The summed E-state index contributed by atoms with van der Waals surface area (Å²) in [4.78, 5) is 11.0. The Labute approximate surface area is 105 Å². The summed E-state index contributed by atoms with van der Waals surface area (Å²) in [7, 11) is 0. The lowest BCUT2D eigenvalue weighted by atomic mass is 9.85. The molecular formula is C14H16O4. The minimum atomic E-state index is -0.805. The molecule has 4 nitrogen and oxygen atoms in total. The van der Waals surface area contributed by atoms with Crippen LogP contribution in [0, 0.1) is 6.92 Å². The van der Waals surface area contributed by atoms with Gasteiger partial charge >= 0.3 is 5.97 Å². The van der Waals surface area contributed by atoms with Crippen molar-refractivity contribution in [2.24, 2.45) is 0 Å². The van der Waals surface area contributed by atoms with Crippen LogP contribution in [-0.4, -0.2) is 22.8 Å². The Morgan fingerprint density at radius 1 is 1.50 bits per heavy atom. The standard InChI is InChI=1S/C14H16O4/c1-8-6-10-9(2-5-18-10)12(13(8)17)14(3-4-14)7-11(15)16/h6,17H,2-5,7H2,1H3,(H,15,16). The summed E-state index contributed by atoms with van der Waals surface area (Å²) in [6.45, 7) is 2.45. The minimum absolute atomic E-state index is 0.0937. The largest absolute Gasteiger partial charge is 0.507 e. The molecule has 1 aromatic carbocycles. The molecule has 1 saturated carbocycles. The maximum Gasteiger partial charge on any atom is 0.304 e. The first-order chi connectivity index (χ1) is 8.53. The van der Waals surface area contributed by atoms with Crippen molar-refractivity contribution in [2.45, 2.75) is 38.0 Å². The molecule has 3 rings (SSSR count). The summed E-state index contributed by atoms with van der Waals surface area (Å²) in [6, 6.07) is 1.85. The van der Waals surface area contributed by atoms with Crippen LogP contribution in [0.5, 0.6) is 11.5 Å². The molecule has 0 atom stereocenters. The molecule has 4 heteroatoms. The monoisotopic (exact) mass is 248 g/mol. The molecule has 96 valence electrons. The zero-order chi connectivity index (χ0) is 12.9. The smallest absolute Gasteiger partial charge is 0.304 e. The summed E-state index contributed by atoms with van der Waals surface area (Å²) in [5.41, 5.74) is 2.25. The fraction of sp³-hybridized carbons (Fsp3) is 0.500. The van der Waals surface area contributed by atoms with Gasteiger partial charge in [-0.1, -0.05) is 0 Å². The van der Waals surface area contributed by atoms with Crippen molar-refractivity contribution in [1.82, 2.24) is 0 Å². The third-order valence-corrected chi connectivity index (χ3v) is 4.04. The van der Waals surface area contributed by atoms with E-state index in [0.717, 1.165) is 41.7 Å². The number of rotatable bonds is 3. The lowest BCUT2D eigenvalue weighted by Gasteiger charge is -2.19. The second-order valence-corrected chi connectivity index (χ2v) is 5.34. The number of ether oxygens (including phenoxy) is 1. The van der Waals surface area contributed by atoms with Crippen molar-refractivity contribution < 1.29 is 19.7 Å². The number of carbonyl (C=O) groups is 1. The van der Waals surface area contributed by atoms with Crippen molar-refractivity contribution in [3.8, 4) is 11.5 Å². The van der Waals surface area contributed by atoms with Crippen LogP contribution < -0.4 is 4.74 Å². The molecule has 0 saturated heterocycles. The number of fused-ring (bicyclic) bond motifs is 1. The van der Waals surface area contributed by atoms with Gasteiger partial charge in [0.05, 0.1) is 13.0 Å². The van der Waals surface area contributed by atoms with Crippen LogP contribution in [0.1, 0.15) is 36.0 Å². The first-order valence-electron chi connectivity index (χ1n) is 6.24. The minimum Gasteiger partial charge on any atom is -0.507 e. The summed E-state index contributed by atoms with van der Waals surface area (Å²) >= 11 is 0. The fourth-order valence-corrected chi connectivity index (χ4v) is 2.98. The highest BCUT2D eigenvalue weighted by Crippen LogP contribution is 2.57. The second kappa shape index (κ2) is 3.64. The zero-order valence-corrected chi connectivity index (χ0v) is 10.3. The first-order valence-corrected chi connectivity index (χ1v) is 6.24. The van der Waals surface area contributed by atoms with Crippen LogP contribution in [0.2, 0.25) is 0 Å². The molecule has 1 fully saturated rings. The van der Waals surface area contributed by atoms with E-state index in [0.29, 0.717) is 6.61 Å². The van der Waals surface area contributed by atoms with Gasteiger partial charge in [0.2, 0.25) is 0 Å². The van der Waals surface area contributed by atoms with Crippen molar-refractivity contribution in [3.63, 3.8) is 0 Å². The molecule has 2 aliphatic rings. The van der Waals surface area contributed by atoms with Gasteiger partial charge in [0, 0.05) is 23.0 Å². The number of carboxylic acids is 1. The third kappa shape index (κ3) is 1.55. The SMILES string of the molecule is Cc1cc2c(c(C3(CC(=O)O)CC3)c1O)CCO2. The Morgan fingerprint density at radius 2 is 2.22 bits per heavy atom.